The second-order valence-corrected chi connectivity index (χ2v) is 9.55. The van der Waals surface area contributed by atoms with Crippen molar-refractivity contribution < 1.29 is 23.5 Å². The number of amides is 3. The number of anilines is 1. The first-order chi connectivity index (χ1) is 17.8. The Morgan fingerprint density at radius 2 is 1.65 bits per heavy atom. The minimum absolute atomic E-state index is 0.105. The number of thiophene rings is 1. The van der Waals surface area contributed by atoms with Crippen molar-refractivity contribution in [3.8, 4) is 0 Å². The molecule has 1 N–H and O–H groups in total. The van der Waals surface area contributed by atoms with Crippen LogP contribution >= 0.6 is 11.3 Å². The van der Waals surface area contributed by atoms with Crippen molar-refractivity contribution in [3.05, 3.63) is 87.4 Å². The van der Waals surface area contributed by atoms with E-state index < -0.39 is 12.0 Å². The highest BCUT2D eigenvalue weighted by Gasteiger charge is 2.22. The summed E-state index contributed by atoms with van der Waals surface area (Å²) in [6, 6.07) is 14.1. The van der Waals surface area contributed by atoms with Crippen molar-refractivity contribution in [3.63, 3.8) is 0 Å². The van der Waals surface area contributed by atoms with Gasteiger partial charge in [-0.1, -0.05) is 19.1 Å². The number of ether oxygens (including phenoxy) is 1. The molecule has 3 aromatic rings. The number of benzene rings is 2. The van der Waals surface area contributed by atoms with Crippen molar-refractivity contribution >= 4 is 34.9 Å². The molecule has 3 rings (SSSR count). The molecule has 1 aromatic heterocycles. The Kier molecular flexibility index (Phi) is 10.2. The Balaban J connectivity index is 1.72. The SMILES string of the molecule is CCCN(CC(=O)N(Cc1ccc(F)cc1)Cc1sccc1C)C(=O)Nc1ccc(C(=O)OCC)cc1. The van der Waals surface area contributed by atoms with Crippen LogP contribution in [0.2, 0.25) is 0 Å². The van der Waals surface area contributed by atoms with Crippen molar-refractivity contribution in [1.29, 1.82) is 0 Å². The number of hydrogen-bond acceptors (Lipinski definition) is 5. The van der Waals surface area contributed by atoms with Gasteiger partial charge in [-0.3, -0.25) is 4.79 Å². The standard InChI is InChI=1S/C28H32FN3O4S/c1-4-15-31(28(35)30-24-12-8-22(9-13-24)27(34)36-5-2)19-26(33)32(18-25-20(3)14-16-37-25)17-21-6-10-23(29)11-7-21/h6-14,16H,4-5,15,17-19H2,1-3H3,(H,30,35). The number of carbonyl (C=O) groups excluding carboxylic acids is 3. The molecule has 0 saturated carbocycles. The van der Waals surface area contributed by atoms with Crippen LogP contribution in [0.15, 0.2) is 60.0 Å². The number of aryl methyl sites for hydroxylation is 1. The van der Waals surface area contributed by atoms with E-state index in [2.05, 4.69) is 5.32 Å². The van der Waals surface area contributed by atoms with E-state index in [1.165, 1.54) is 17.0 Å². The van der Waals surface area contributed by atoms with E-state index in [0.717, 1.165) is 16.0 Å². The lowest BCUT2D eigenvalue weighted by molar-refractivity contribution is -0.133. The Hall–Kier alpha value is -3.72. The van der Waals surface area contributed by atoms with Gasteiger partial charge in [0, 0.05) is 23.7 Å². The molecule has 37 heavy (non-hydrogen) atoms. The molecule has 1 heterocycles. The van der Waals surface area contributed by atoms with Crippen LogP contribution in [0.1, 0.15) is 46.6 Å². The molecule has 0 bridgehead atoms. The molecule has 0 atom stereocenters. The van der Waals surface area contributed by atoms with E-state index in [1.54, 1.807) is 59.6 Å². The van der Waals surface area contributed by atoms with E-state index in [0.29, 0.717) is 37.3 Å². The molecular formula is C28H32FN3O4S. The summed E-state index contributed by atoms with van der Waals surface area (Å²) in [7, 11) is 0. The lowest BCUT2D eigenvalue weighted by atomic mass is 10.2. The second kappa shape index (κ2) is 13.5. The number of esters is 1. The lowest BCUT2D eigenvalue weighted by Gasteiger charge is -2.28. The first-order valence-electron chi connectivity index (χ1n) is 12.2. The van der Waals surface area contributed by atoms with Gasteiger partial charge in [0.2, 0.25) is 5.91 Å². The summed E-state index contributed by atoms with van der Waals surface area (Å²) in [5.74, 6) is -0.976. The molecule has 0 aliphatic carbocycles. The molecule has 2 aromatic carbocycles. The van der Waals surface area contributed by atoms with Gasteiger partial charge in [0.05, 0.1) is 18.7 Å². The molecule has 0 spiro atoms. The fraction of sp³-hybridized carbons (Fsp3) is 0.321. The number of rotatable bonds is 11. The fourth-order valence-electron chi connectivity index (χ4n) is 3.67. The smallest absolute Gasteiger partial charge is 0.338 e. The van der Waals surface area contributed by atoms with Crippen molar-refractivity contribution in [1.82, 2.24) is 9.80 Å². The number of urea groups is 1. The highest BCUT2D eigenvalue weighted by molar-refractivity contribution is 7.10. The monoisotopic (exact) mass is 525 g/mol. The summed E-state index contributed by atoms with van der Waals surface area (Å²) in [5, 5.41) is 4.79. The van der Waals surface area contributed by atoms with Gasteiger partial charge in [0.25, 0.3) is 0 Å². The maximum absolute atomic E-state index is 13.5. The van der Waals surface area contributed by atoms with Gasteiger partial charge in [0.15, 0.2) is 0 Å². The van der Waals surface area contributed by atoms with E-state index in [1.807, 2.05) is 25.3 Å². The van der Waals surface area contributed by atoms with Crippen LogP contribution in [-0.2, 0) is 22.6 Å². The summed E-state index contributed by atoms with van der Waals surface area (Å²) in [6.45, 7) is 6.93. The highest BCUT2D eigenvalue weighted by Crippen LogP contribution is 2.20. The van der Waals surface area contributed by atoms with E-state index in [-0.39, 0.29) is 24.9 Å². The van der Waals surface area contributed by atoms with Gasteiger partial charge < -0.3 is 19.9 Å². The topological polar surface area (TPSA) is 79.0 Å². The van der Waals surface area contributed by atoms with Crippen molar-refractivity contribution in [2.45, 2.75) is 40.3 Å². The van der Waals surface area contributed by atoms with Crippen molar-refractivity contribution in [2.75, 3.05) is 25.0 Å². The molecule has 0 radical (unpaired) electrons. The first-order valence-corrected chi connectivity index (χ1v) is 13.1. The lowest BCUT2D eigenvalue weighted by Crippen LogP contribution is -2.44. The third-order valence-corrected chi connectivity index (χ3v) is 6.70. The average molecular weight is 526 g/mol. The third-order valence-electron chi connectivity index (χ3n) is 5.70. The van der Waals surface area contributed by atoms with Gasteiger partial charge in [-0.2, -0.15) is 0 Å². The van der Waals surface area contributed by atoms with Crippen LogP contribution in [0, 0.1) is 12.7 Å². The highest BCUT2D eigenvalue weighted by atomic mass is 32.1. The van der Waals surface area contributed by atoms with Crippen molar-refractivity contribution in [2.24, 2.45) is 0 Å². The maximum atomic E-state index is 13.5. The number of nitrogens with zero attached hydrogens (tertiary/aromatic N) is 2. The molecule has 0 aliphatic rings. The second-order valence-electron chi connectivity index (χ2n) is 8.55. The summed E-state index contributed by atoms with van der Waals surface area (Å²) in [4.78, 5) is 42.6. The Morgan fingerprint density at radius 3 is 2.24 bits per heavy atom. The van der Waals surface area contributed by atoms with Gasteiger partial charge in [-0.15, -0.1) is 11.3 Å². The van der Waals surface area contributed by atoms with E-state index in [4.69, 9.17) is 4.74 Å². The minimum Gasteiger partial charge on any atom is -0.462 e. The predicted octanol–water partition coefficient (Wildman–Crippen LogP) is 5.85. The molecule has 9 heteroatoms. The maximum Gasteiger partial charge on any atom is 0.338 e. The summed E-state index contributed by atoms with van der Waals surface area (Å²) >= 11 is 1.57. The molecule has 0 unspecified atom stereocenters. The molecule has 3 amide bonds. The van der Waals surface area contributed by atoms with E-state index >= 15 is 0 Å². The Morgan fingerprint density at radius 1 is 0.946 bits per heavy atom. The number of hydrogen-bond donors (Lipinski definition) is 1. The molecule has 196 valence electrons. The van der Waals surface area contributed by atoms with Crippen LogP contribution in [0.5, 0.6) is 0 Å². The predicted molar refractivity (Wildman–Crippen MR) is 143 cm³/mol. The number of carbonyl (C=O) groups is 3. The molecule has 0 saturated heterocycles. The van der Waals surface area contributed by atoms with Gasteiger partial charge in [-0.05, 0) is 79.2 Å². The minimum atomic E-state index is -0.430. The van der Waals surface area contributed by atoms with Crippen LogP contribution in [0.25, 0.3) is 0 Å². The van der Waals surface area contributed by atoms with Crippen LogP contribution in [0.3, 0.4) is 0 Å². The van der Waals surface area contributed by atoms with Crippen LogP contribution in [0.4, 0.5) is 14.9 Å². The zero-order valence-electron chi connectivity index (χ0n) is 21.3. The molecule has 0 fully saturated rings. The third kappa shape index (κ3) is 8.15. The quantitative estimate of drug-likeness (QED) is 0.319. The summed E-state index contributed by atoms with van der Waals surface area (Å²) in [5.41, 5.74) is 2.79. The molecule has 7 nitrogen and oxygen atoms in total. The van der Waals surface area contributed by atoms with Gasteiger partial charge in [0.1, 0.15) is 12.4 Å². The largest absolute Gasteiger partial charge is 0.462 e. The van der Waals surface area contributed by atoms with Crippen LogP contribution in [-0.4, -0.2) is 47.4 Å². The zero-order chi connectivity index (χ0) is 26.8. The number of nitrogens with one attached hydrogen (secondary N) is 1. The normalized spacial score (nSPS) is 10.6. The number of halogens is 1. The Bertz CT molecular complexity index is 1190. The molecular weight excluding hydrogens is 493 g/mol. The molecule has 0 aliphatic heterocycles. The first kappa shape index (κ1) is 27.9. The van der Waals surface area contributed by atoms with Crippen LogP contribution < -0.4 is 5.32 Å². The summed E-state index contributed by atoms with van der Waals surface area (Å²) in [6.07, 6.45) is 0.671. The summed E-state index contributed by atoms with van der Waals surface area (Å²) < 4.78 is 18.4. The average Bonchev–Trinajstić information content (AvgIpc) is 3.29. The van der Waals surface area contributed by atoms with Gasteiger partial charge >= 0.3 is 12.0 Å². The van der Waals surface area contributed by atoms with E-state index in [9.17, 15) is 18.8 Å². The fourth-order valence-corrected chi connectivity index (χ4v) is 4.59. The van der Waals surface area contributed by atoms with Gasteiger partial charge in [-0.25, -0.2) is 14.0 Å². The Labute approximate surface area is 220 Å². The zero-order valence-corrected chi connectivity index (χ0v) is 22.1.